The summed E-state index contributed by atoms with van der Waals surface area (Å²) in [7, 11) is 0. The highest BCUT2D eigenvalue weighted by atomic mass is 32.1. The van der Waals surface area contributed by atoms with Crippen LogP contribution in [0.25, 0.3) is 20.3 Å². The standard InChI is InChI=1S/C18H12N4O5S2/c1-2-20-13-5-3-12(22(26)27)9-15(13)29-18(20)19-17(23)16-8-10-7-11(21(24)25)4-6-14(10)28-16/h3-9H,2H2,1H3. The molecule has 0 atom stereocenters. The van der Waals surface area contributed by atoms with Crippen molar-refractivity contribution in [1.29, 1.82) is 0 Å². The maximum atomic E-state index is 12.7. The minimum Gasteiger partial charge on any atom is -0.317 e. The molecule has 0 unspecified atom stereocenters. The zero-order valence-electron chi connectivity index (χ0n) is 14.9. The van der Waals surface area contributed by atoms with Gasteiger partial charge in [-0.3, -0.25) is 25.0 Å². The van der Waals surface area contributed by atoms with Crippen LogP contribution < -0.4 is 4.80 Å². The number of nitrogens with zero attached hydrogens (tertiary/aromatic N) is 4. The molecule has 0 radical (unpaired) electrons. The van der Waals surface area contributed by atoms with Gasteiger partial charge in [-0.1, -0.05) is 11.3 Å². The molecule has 2 aromatic heterocycles. The van der Waals surface area contributed by atoms with Gasteiger partial charge in [0.25, 0.3) is 17.3 Å². The average molecular weight is 428 g/mol. The first-order valence-corrected chi connectivity index (χ1v) is 10.1. The topological polar surface area (TPSA) is 121 Å². The fourth-order valence-corrected chi connectivity index (χ4v) is 5.01. The molecule has 0 aliphatic rings. The SMILES string of the molecule is CCn1c(=NC(=O)c2cc3cc([N+](=O)[O-])ccc3s2)sc2cc([N+](=O)[O-])ccc21. The number of hydrogen-bond donors (Lipinski definition) is 0. The number of thiophene rings is 1. The van der Waals surface area contributed by atoms with Crippen molar-refractivity contribution in [3.63, 3.8) is 0 Å². The van der Waals surface area contributed by atoms with Crippen LogP contribution in [0.15, 0.2) is 47.5 Å². The molecular weight excluding hydrogens is 416 g/mol. The van der Waals surface area contributed by atoms with Gasteiger partial charge in [0.1, 0.15) is 0 Å². The summed E-state index contributed by atoms with van der Waals surface area (Å²) in [6.45, 7) is 2.44. The Morgan fingerprint density at radius 1 is 1.00 bits per heavy atom. The summed E-state index contributed by atoms with van der Waals surface area (Å²) in [5.74, 6) is -0.461. The zero-order valence-corrected chi connectivity index (χ0v) is 16.5. The molecule has 0 saturated heterocycles. The predicted molar refractivity (Wildman–Crippen MR) is 111 cm³/mol. The number of non-ortho nitro benzene ring substituents is 2. The summed E-state index contributed by atoms with van der Waals surface area (Å²) < 4.78 is 3.24. The molecule has 0 aliphatic carbocycles. The molecule has 0 aliphatic heterocycles. The van der Waals surface area contributed by atoms with Crippen molar-refractivity contribution >= 4 is 60.3 Å². The van der Waals surface area contributed by atoms with Crippen molar-refractivity contribution in [1.82, 2.24) is 4.57 Å². The van der Waals surface area contributed by atoms with Crippen molar-refractivity contribution in [2.24, 2.45) is 4.99 Å². The minimum absolute atomic E-state index is 0.0222. The summed E-state index contributed by atoms with van der Waals surface area (Å²) in [6, 6.07) is 10.6. The molecule has 11 heteroatoms. The van der Waals surface area contributed by atoms with Crippen LogP contribution in [0, 0.1) is 20.2 Å². The highest BCUT2D eigenvalue weighted by Crippen LogP contribution is 2.29. The first-order valence-electron chi connectivity index (χ1n) is 8.42. The van der Waals surface area contributed by atoms with Crippen LogP contribution in [-0.2, 0) is 6.54 Å². The Hall–Kier alpha value is -3.44. The first kappa shape index (κ1) is 18.9. The smallest absolute Gasteiger partial charge is 0.289 e. The highest BCUT2D eigenvalue weighted by molar-refractivity contribution is 7.21. The number of carbonyl (C=O) groups is 1. The Morgan fingerprint density at radius 3 is 2.38 bits per heavy atom. The van der Waals surface area contributed by atoms with E-state index in [2.05, 4.69) is 4.99 Å². The number of rotatable bonds is 4. The molecule has 29 heavy (non-hydrogen) atoms. The van der Waals surface area contributed by atoms with Gasteiger partial charge in [0.15, 0.2) is 4.80 Å². The van der Waals surface area contributed by atoms with E-state index in [1.165, 1.54) is 46.9 Å². The molecule has 2 heterocycles. The van der Waals surface area contributed by atoms with Crippen LogP contribution in [-0.4, -0.2) is 20.3 Å². The van der Waals surface area contributed by atoms with Crippen LogP contribution in [0.5, 0.6) is 0 Å². The Kier molecular flexibility index (Phi) is 4.68. The van der Waals surface area contributed by atoms with Crippen LogP contribution in [0.2, 0.25) is 0 Å². The molecule has 4 rings (SSSR count). The van der Waals surface area contributed by atoms with E-state index in [0.717, 1.165) is 10.2 Å². The van der Waals surface area contributed by atoms with Gasteiger partial charge in [-0.15, -0.1) is 11.3 Å². The summed E-state index contributed by atoms with van der Waals surface area (Å²) in [5, 5.41) is 22.5. The summed E-state index contributed by atoms with van der Waals surface area (Å²) >= 11 is 2.41. The summed E-state index contributed by atoms with van der Waals surface area (Å²) in [6.07, 6.45) is 0. The Morgan fingerprint density at radius 2 is 1.69 bits per heavy atom. The van der Waals surface area contributed by atoms with E-state index in [1.807, 2.05) is 11.5 Å². The monoisotopic (exact) mass is 428 g/mol. The van der Waals surface area contributed by atoms with Gasteiger partial charge in [-0.05, 0) is 25.1 Å². The second kappa shape index (κ2) is 7.18. The van der Waals surface area contributed by atoms with Crippen molar-refractivity contribution < 1.29 is 14.6 Å². The van der Waals surface area contributed by atoms with E-state index in [4.69, 9.17) is 0 Å². The zero-order chi connectivity index (χ0) is 20.7. The third-order valence-electron chi connectivity index (χ3n) is 4.31. The average Bonchev–Trinajstić information content (AvgIpc) is 3.27. The number of nitro groups is 2. The lowest BCUT2D eigenvalue weighted by molar-refractivity contribution is -0.384. The second-order valence-electron chi connectivity index (χ2n) is 6.04. The molecule has 4 aromatic rings. The number of aryl methyl sites for hydroxylation is 1. The third-order valence-corrected chi connectivity index (χ3v) is 6.46. The molecule has 0 N–H and O–H groups in total. The number of benzene rings is 2. The van der Waals surface area contributed by atoms with Crippen molar-refractivity contribution in [3.05, 3.63) is 72.4 Å². The van der Waals surface area contributed by atoms with Crippen LogP contribution >= 0.6 is 22.7 Å². The fraction of sp³-hybridized carbons (Fsp3) is 0.111. The number of amides is 1. The van der Waals surface area contributed by atoms with Gasteiger partial charge in [0, 0.05) is 40.9 Å². The summed E-state index contributed by atoms with van der Waals surface area (Å²) in [4.78, 5) is 38.7. The van der Waals surface area contributed by atoms with Gasteiger partial charge >= 0.3 is 0 Å². The number of aromatic nitrogens is 1. The van der Waals surface area contributed by atoms with Gasteiger partial charge < -0.3 is 4.57 Å². The number of fused-ring (bicyclic) bond motifs is 2. The number of thiazole rings is 1. The number of nitro benzene ring substituents is 2. The van der Waals surface area contributed by atoms with Gasteiger partial charge in [0.05, 0.1) is 24.9 Å². The van der Waals surface area contributed by atoms with E-state index < -0.39 is 15.8 Å². The largest absolute Gasteiger partial charge is 0.317 e. The van der Waals surface area contributed by atoms with E-state index in [0.29, 0.717) is 26.3 Å². The maximum absolute atomic E-state index is 12.7. The second-order valence-corrected chi connectivity index (χ2v) is 8.14. The minimum atomic E-state index is -0.483. The van der Waals surface area contributed by atoms with Crippen LogP contribution in [0.1, 0.15) is 16.6 Å². The summed E-state index contributed by atoms with van der Waals surface area (Å²) in [5.41, 5.74) is 0.703. The van der Waals surface area contributed by atoms with E-state index in [1.54, 1.807) is 18.2 Å². The van der Waals surface area contributed by atoms with Crippen LogP contribution in [0.4, 0.5) is 11.4 Å². The number of hydrogen-bond acceptors (Lipinski definition) is 7. The lowest BCUT2D eigenvalue weighted by Crippen LogP contribution is -2.15. The van der Waals surface area contributed by atoms with Gasteiger partial charge in [-0.2, -0.15) is 4.99 Å². The highest BCUT2D eigenvalue weighted by Gasteiger charge is 2.15. The van der Waals surface area contributed by atoms with E-state index in [9.17, 15) is 25.0 Å². The molecule has 0 saturated carbocycles. The van der Waals surface area contributed by atoms with Crippen molar-refractivity contribution in [2.75, 3.05) is 0 Å². The Bertz CT molecular complexity index is 1380. The normalized spacial score (nSPS) is 12.0. The van der Waals surface area contributed by atoms with E-state index in [-0.39, 0.29) is 11.4 Å². The Labute approximate surface area is 170 Å². The molecule has 0 bridgehead atoms. The number of carbonyl (C=O) groups excluding carboxylic acids is 1. The third kappa shape index (κ3) is 3.41. The van der Waals surface area contributed by atoms with Crippen molar-refractivity contribution in [3.8, 4) is 0 Å². The molecule has 0 fully saturated rings. The Balaban J connectivity index is 1.79. The maximum Gasteiger partial charge on any atom is 0.289 e. The molecule has 2 aromatic carbocycles. The molecular formula is C18H12N4O5S2. The van der Waals surface area contributed by atoms with Crippen LogP contribution in [0.3, 0.4) is 0 Å². The van der Waals surface area contributed by atoms with Crippen molar-refractivity contribution in [2.45, 2.75) is 13.5 Å². The van der Waals surface area contributed by atoms with E-state index >= 15 is 0 Å². The molecule has 0 spiro atoms. The fourth-order valence-electron chi connectivity index (χ4n) is 2.96. The first-order chi connectivity index (χ1) is 13.9. The van der Waals surface area contributed by atoms with Gasteiger partial charge in [0.2, 0.25) is 0 Å². The molecule has 1 amide bonds. The molecule has 146 valence electrons. The lowest BCUT2D eigenvalue weighted by atomic mass is 10.2. The lowest BCUT2D eigenvalue weighted by Gasteiger charge is -1.99. The molecule has 9 nitrogen and oxygen atoms in total. The predicted octanol–water partition coefficient (Wildman–Crippen LogP) is 4.49. The quantitative estimate of drug-likeness (QED) is 0.350. The van der Waals surface area contributed by atoms with Gasteiger partial charge in [-0.25, -0.2) is 0 Å².